The van der Waals surface area contributed by atoms with Crippen LogP contribution in [-0.2, 0) is 6.42 Å². The van der Waals surface area contributed by atoms with Crippen LogP contribution >= 0.6 is 0 Å². The zero-order valence-electron chi connectivity index (χ0n) is 9.12. The molecule has 1 heterocycles. The zero-order valence-corrected chi connectivity index (χ0v) is 9.12. The molecule has 1 N–H and O–H groups in total. The highest BCUT2D eigenvalue weighted by atomic mass is 15.1. The number of H-pyrrole nitrogens is 1. The molecule has 0 amide bonds. The number of imidazole rings is 1. The van der Waals surface area contributed by atoms with E-state index in [-0.39, 0.29) is 0 Å². The first-order valence-corrected chi connectivity index (χ1v) is 4.97. The minimum atomic E-state index is 0.784. The fourth-order valence-electron chi connectivity index (χ4n) is 1.56. The van der Waals surface area contributed by atoms with E-state index in [1.54, 1.807) is 0 Å². The number of nitrogens with zero attached hydrogens (tertiary/aromatic N) is 2. The van der Waals surface area contributed by atoms with Gasteiger partial charge in [-0.3, -0.25) is 0 Å². The Morgan fingerprint density at radius 2 is 2.27 bits per heavy atom. The van der Waals surface area contributed by atoms with Gasteiger partial charge in [0.15, 0.2) is 0 Å². The molecule has 0 fully saturated rings. The summed E-state index contributed by atoms with van der Waals surface area (Å²) < 4.78 is 0. The van der Waals surface area contributed by atoms with Crippen LogP contribution in [0.3, 0.4) is 0 Å². The lowest BCUT2D eigenvalue weighted by Gasteiger charge is -2.11. The summed E-state index contributed by atoms with van der Waals surface area (Å²) >= 11 is 0. The third-order valence-electron chi connectivity index (χ3n) is 2.37. The van der Waals surface area contributed by atoms with Gasteiger partial charge in [0.25, 0.3) is 0 Å². The molecule has 0 aliphatic rings. The van der Waals surface area contributed by atoms with Crippen molar-refractivity contribution in [3.8, 4) is 0 Å². The average molecular weight is 201 g/mol. The highest BCUT2D eigenvalue weighted by molar-refractivity contribution is 5.79. The zero-order chi connectivity index (χ0) is 10.8. The Morgan fingerprint density at radius 3 is 2.93 bits per heavy atom. The second kappa shape index (κ2) is 3.77. The molecule has 0 aliphatic carbocycles. The molecule has 3 nitrogen and oxygen atoms in total. The van der Waals surface area contributed by atoms with Crippen LogP contribution in [0.2, 0.25) is 0 Å². The van der Waals surface area contributed by atoms with Gasteiger partial charge < -0.3 is 9.88 Å². The van der Waals surface area contributed by atoms with Gasteiger partial charge in [-0.2, -0.15) is 0 Å². The number of benzene rings is 1. The van der Waals surface area contributed by atoms with Gasteiger partial charge >= 0.3 is 0 Å². The number of anilines is 1. The Hall–Kier alpha value is -1.77. The molecule has 0 bridgehead atoms. The fraction of sp³-hybridized carbons (Fsp3) is 0.250. The Bertz CT molecular complexity index is 483. The summed E-state index contributed by atoms with van der Waals surface area (Å²) in [6, 6.07) is 6.21. The van der Waals surface area contributed by atoms with E-state index in [1.165, 1.54) is 5.69 Å². The molecule has 0 atom stereocenters. The second-order valence-corrected chi connectivity index (χ2v) is 3.77. The van der Waals surface area contributed by atoms with E-state index >= 15 is 0 Å². The van der Waals surface area contributed by atoms with Crippen molar-refractivity contribution in [3.05, 3.63) is 36.7 Å². The number of rotatable bonds is 3. The number of allylic oxidation sites excluding steroid dienone is 1. The van der Waals surface area contributed by atoms with Crippen LogP contribution in [0, 0.1) is 0 Å². The molecule has 0 radical (unpaired) electrons. The van der Waals surface area contributed by atoms with Crippen molar-refractivity contribution in [2.75, 3.05) is 19.0 Å². The molecule has 0 aliphatic heterocycles. The van der Waals surface area contributed by atoms with E-state index < -0.39 is 0 Å². The smallest absolute Gasteiger partial charge is 0.111 e. The van der Waals surface area contributed by atoms with Crippen LogP contribution in [0.25, 0.3) is 11.0 Å². The summed E-state index contributed by atoms with van der Waals surface area (Å²) in [7, 11) is 4.06. The first-order chi connectivity index (χ1) is 7.20. The van der Waals surface area contributed by atoms with Gasteiger partial charge in [0.2, 0.25) is 0 Å². The van der Waals surface area contributed by atoms with Crippen LogP contribution in [0.1, 0.15) is 5.82 Å². The van der Waals surface area contributed by atoms with Crippen LogP contribution in [-0.4, -0.2) is 24.1 Å². The lowest BCUT2D eigenvalue weighted by Crippen LogP contribution is -2.07. The van der Waals surface area contributed by atoms with E-state index in [1.807, 2.05) is 26.2 Å². The van der Waals surface area contributed by atoms with Crippen molar-refractivity contribution in [2.24, 2.45) is 0 Å². The number of nitrogens with one attached hydrogen (secondary N) is 1. The van der Waals surface area contributed by atoms with Gasteiger partial charge in [-0.05, 0) is 18.2 Å². The molecule has 1 aromatic heterocycles. The quantitative estimate of drug-likeness (QED) is 0.773. The third kappa shape index (κ3) is 1.86. The topological polar surface area (TPSA) is 31.9 Å². The van der Waals surface area contributed by atoms with Crippen LogP contribution in [0.15, 0.2) is 30.9 Å². The maximum atomic E-state index is 4.46. The first kappa shape index (κ1) is 9.77. The lowest BCUT2D eigenvalue weighted by atomic mass is 10.2. The molecule has 3 heteroatoms. The van der Waals surface area contributed by atoms with E-state index in [9.17, 15) is 0 Å². The maximum absolute atomic E-state index is 4.46. The van der Waals surface area contributed by atoms with E-state index in [0.717, 1.165) is 23.3 Å². The Labute approximate surface area is 89.4 Å². The number of hydrogen-bond acceptors (Lipinski definition) is 2. The van der Waals surface area contributed by atoms with Gasteiger partial charge in [0.05, 0.1) is 11.0 Å². The molecule has 0 spiro atoms. The van der Waals surface area contributed by atoms with Gasteiger partial charge in [0.1, 0.15) is 5.82 Å². The Balaban J connectivity index is 2.47. The molecule has 0 saturated carbocycles. The maximum Gasteiger partial charge on any atom is 0.111 e. The number of aromatic nitrogens is 2. The molecule has 1 aromatic carbocycles. The van der Waals surface area contributed by atoms with Crippen molar-refractivity contribution < 1.29 is 0 Å². The third-order valence-corrected chi connectivity index (χ3v) is 2.37. The molecular formula is C12H15N3. The highest BCUT2D eigenvalue weighted by Gasteiger charge is 2.03. The molecular weight excluding hydrogens is 186 g/mol. The summed E-state index contributed by atoms with van der Waals surface area (Å²) in [5, 5.41) is 0. The monoisotopic (exact) mass is 201 g/mol. The molecule has 15 heavy (non-hydrogen) atoms. The predicted octanol–water partition coefficient (Wildman–Crippen LogP) is 2.36. The second-order valence-electron chi connectivity index (χ2n) is 3.77. The summed E-state index contributed by atoms with van der Waals surface area (Å²) in [6.45, 7) is 3.70. The van der Waals surface area contributed by atoms with Crippen molar-refractivity contribution in [3.63, 3.8) is 0 Å². The fourth-order valence-corrected chi connectivity index (χ4v) is 1.56. The van der Waals surface area contributed by atoms with E-state index in [4.69, 9.17) is 0 Å². The van der Waals surface area contributed by atoms with Crippen molar-refractivity contribution >= 4 is 16.7 Å². The summed E-state index contributed by atoms with van der Waals surface area (Å²) in [5.41, 5.74) is 3.27. The highest BCUT2D eigenvalue weighted by Crippen LogP contribution is 2.19. The first-order valence-electron chi connectivity index (χ1n) is 4.97. The van der Waals surface area contributed by atoms with Crippen molar-refractivity contribution in [2.45, 2.75) is 6.42 Å². The Morgan fingerprint density at radius 1 is 1.47 bits per heavy atom. The summed E-state index contributed by atoms with van der Waals surface area (Å²) in [4.78, 5) is 9.82. The summed E-state index contributed by atoms with van der Waals surface area (Å²) in [6.07, 6.45) is 2.64. The van der Waals surface area contributed by atoms with Crippen LogP contribution in [0.4, 0.5) is 5.69 Å². The van der Waals surface area contributed by atoms with Gasteiger partial charge in [-0.1, -0.05) is 6.08 Å². The SMILES string of the molecule is C=CCc1nc2ccc(N(C)C)cc2[nH]1. The van der Waals surface area contributed by atoms with E-state index in [0.29, 0.717) is 0 Å². The molecule has 78 valence electrons. The lowest BCUT2D eigenvalue weighted by molar-refractivity contribution is 1.07. The molecule has 0 saturated heterocycles. The summed E-state index contributed by atoms with van der Waals surface area (Å²) in [5.74, 6) is 0.968. The van der Waals surface area contributed by atoms with Gasteiger partial charge in [-0.15, -0.1) is 6.58 Å². The number of aromatic amines is 1. The predicted molar refractivity (Wildman–Crippen MR) is 64.3 cm³/mol. The molecule has 0 unspecified atom stereocenters. The number of hydrogen-bond donors (Lipinski definition) is 1. The van der Waals surface area contributed by atoms with E-state index in [2.05, 4.69) is 33.6 Å². The molecule has 2 aromatic rings. The minimum absolute atomic E-state index is 0.784. The van der Waals surface area contributed by atoms with Crippen molar-refractivity contribution in [1.29, 1.82) is 0 Å². The normalized spacial score (nSPS) is 10.5. The van der Waals surface area contributed by atoms with Crippen LogP contribution < -0.4 is 4.90 Å². The van der Waals surface area contributed by atoms with Crippen LogP contribution in [0.5, 0.6) is 0 Å². The van der Waals surface area contributed by atoms with Gasteiger partial charge in [0, 0.05) is 26.2 Å². The van der Waals surface area contributed by atoms with Crippen molar-refractivity contribution in [1.82, 2.24) is 9.97 Å². The average Bonchev–Trinajstić information content (AvgIpc) is 2.59. The largest absolute Gasteiger partial charge is 0.378 e. The molecule has 2 rings (SSSR count). The Kier molecular flexibility index (Phi) is 2.46. The minimum Gasteiger partial charge on any atom is -0.378 e. The van der Waals surface area contributed by atoms with Gasteiger partial charge in [-0.25, -0.2) is 4.98 Å². The number of fused-ring (bicyclic) bond motifs is 1. The standard InChI is InChI=1S/C12H15N3/c1-4-5-12-13-10-7-6-9(15(2)3)8-11(10)14-12/h4,6-8H,1,5H2,2-3H3,(H,13,14).